The maximum absolute atomic E-state index is 12.1. The SMILES string of the molecule is NC(=O)COc1ccc(/C(N)=N/OC(=O)C2CC2c2ccc(Cl)cc2)cc1. The molecule has 1 amide bonds. The van der Waals surface area contributed by atoms with Crippen LogP contribution in [-0.2, 0) is 14.4 Å². The van der Waals surface area contributed by atoms with Crippen molar-refractivity contribution in [3.63, 3.8) is 0 Å². The number of oxime groups is 1. The van der Waals surface area contributed by atoms with Gasteiger partial charge in [0.25, 0.3) is 5.91 Å². The molecule has 0 radical (unpaired) electrons. The van der Waals surface area contributed by atoms with Crippen molar-refractivity contribution < 1.29 is 19.2 Å². The Kier molecular flexibility index (Phi) is 5.61. The molecule has 0 saturated heterocycles. The van der Waals surface area contributed by atoms with Crippen molar-refractivity contribution in [3.05, 3.63) is 64.7 Å². The minimum Gasteiger partial charge on any atom is -0.484 e. The number of halogens is 1. The van der Waals surface area contributed by atoms with Gasteiger partial charge in [-0.25, -0.2) is 4.79 Å². The highest BCUT2D eigenvalue weighted by Crippen LogP contribution is 2.48. The molecule has 140 valence electrons. The van der Waals surface area contributed by atoms with E-state index in [1.54, 1.807) is 36.4 Å². The minimum absolute atomic E-state index is 0.0634. The first-order valence-corrected chi connectivity index (χ1v) is 8.63. The average molecular weight is 388 g/mol. The molecule has 0 bridgehead atoms. The Morgan fingerprint density at radius 2 is 1.74 bits per heavy atom. The van der Waals surface area contributed by atoms with Crippen LogP contribution in [0.2, 0.25) is 5.02 Å². The summed E-state index contributed by atoms with van der Waals surface area (Å²) in [5.74, 6) is -0.567. The van der Waals surface area contributed by atoms with E-state index in [4.69, 9.17) is 32.6 Å². The van der Waals surface area contributed by atoms with Crippen molar-refractivity contribution in [3.8, 4) is 5.75 Å². The zero-order chi connectivity index (χ0) is 19.4. The number of nitrogens with two attached hydrogens (primary N) is 2. The summed E-state index contributed by atoms with van der Waals surface area (Å²) >= 11 is 5.87. The quantitative estimate of drug-likeness (QED) is 0.327. The van der Waals surface area contributed by atoms with Gasteiger partial charge < -0.3 is 21.0 Å². The number of nitrogens with zero attached hydrogens (tertiary/aromatic N) is 1. The predicted octanol–water partition coefficient (Wildman–Crippen LogP) is 2.17. The maximum Gasteiger partial charge on any atom is 0.338 e. The van der Waals surface area contributed by atoms with Gasteiger partial charge in [0.15, 0.2) is 12.4 Å². The van der Waals surface area contributed by atoms with Gasteiger partial charge in [-0.2, -0.15) is 0 Å². The van der Waals surface area contributed by atoms with E-state index in [0.29, 0.717) is 22.8 Å². The van der Waals surface area contributed by atoms with Crippen molar-refractivity contribution in [2.75, 3.05) is 6.61 Å². The van der Waals surface area contributed by atoms with Crippen molar-refractivity contribution in [2.45, 2.75) is 12.3 Å². The molecule has 2 aromatic carbocycles. The molecule has 0 heterocycles. The lowest BCUT2D eigenvalue weighted by Crippen LogP contribution is -2.20. The molecule has 3 rings (SSSR count). The van der Waals surface area contributed by atoms with Gasteiger partial charge in [-0.1, -0.05) is 28.9 Å². The number of carbonyl (C=O) groups excluding carboxylic acids is 2. The number of primary amides is 1. The van der Waals surface area contributed by atoms with Gasteiger partial charge >= 0.3 is 5.97 Å². The summed E-state index contributed by atoms with van der Waals surface area (Å²) in [6.45, 7) is -0.212. The van der Waals surface area contributed by atoms with Crippen LogP contribution in [0.25, 0.3) is 0 Å². The summed E-state index contributed by atoms with van der Waals surface area (Å²) in [5, 5.41) is 4.37. The molecule has 1 fully saturated rings. The summed E-state index contributed by atoms with van der Waals surface area (Å²) in [7, 11) is 0. The Balaban J connectivity index is 1.53. The van der Waals surface area contributed by atoms with Crippen molar-refractivity contribution in [1.82, 2.24) is 0 Å². The second kappa shape index (κ2) is 8.09. The monoisotopic (exact) mass is 387 g/mol. The van der Waals surface area contributed by atoms with E-state index in [1.807, 2.05) is 12.1 Å². The smallest absolute Gasteiger partial charge is 0.338 e. The lowest BCUT2D eigenvalue weighted by atomic mass is 10.1. The lowest BCUT2D eigenvalue weighted by molar-refractivity contribution is -0.145. The van der Waals surface area contributed by atoms with E-state index in [-0.39, 0.29) is 24.3 Å². The van der Waals surface area contributed by atoms with Crippen LogP contribution in [-0.4, -0.2) is 24.3 Å². The van der Waals surface area contributed by atoms with Crippen LogP contribution in [0, 0.1) is 5.92 Å². The van der Waals surface area contributed by atoms with Gasteiger partial charge in [0, 0.05) is 10.6 Å². The van der Waals surface area contributed by atoms with E-state index in [2.05, 4.69) is 5.16 Å². The number of carbonyl (C=O) groups is 2. The molecule has 1 aliphatic rings. The Morgan fingerprint density at radius 1 is 1.07 bits per heavy atom. The van der Waals surface area contributed by atoms with Crippen LogP contribution < -0.4 is 16.2 Å². The van der Waals surface area contributed by atoms with Crippen LogP contribution in [0.1, 0.15) is 23.5 Å². The number of amides is 1. The molecule has 7 nitrogen and oxygen atoms in total. The highest BCUT2D eigenvalue weighted by molar-refractivity contribution is 6.30. The number of hydrogen-bond donors (Lipinski definition) is 2. The molecule has 4 N–H and O–H groups in total. The summed E-state index contributed by atoms with van der Waals surface area (Å²) in [4.78, 5) is 27.8. The zero-order valence-corrected chi connectivity index (χ0v) is 15.1. The Morgan fingerprint density at radius 3 is 2.37 bits per heavy atom. The van der Waals surface area contributed by atoms with Gasteiger partial charge in [0.2, 0.25) is 0 Å². The molecular weight excluding hydrogens is 370 g/mol. The summed E-state index contributed by atoms with van der Waals surface area (Å²) in [6, 6.07) is 13.9. The fourth-order valence-corrected chi connectivity index (χ4v) is 2.75. The van der Waals surface area contributed by atoms with Gasteiger partial charge in [0.1, 0.15) is 5.75 Å². The first-order valence-electron chi connectivity index (χ1n) is 8.25. The van der Waals surface area contributed by atoms with Crippen molar-refractivity contribution in [1.29, 1.82) is 0 Å². The van der Waals surface area contributed by atoms with Crippen LogP contribution >= 0.6 is 11.6 Å². The van der Waals surface area contributed by atoms with Crippen LogP contribution in [0.5, 0.6) is 5.75 Å². The molecule has 27 heavy (non-hydrogen) atoms. The molecule has 2 aromatic rings. The largest absolute Gasteiger partial charge is 0.484 e. The Bertz CT molecular complexity index is 866. The summed E-state index contributed by atoms with van der Waals surface area (Å²) < 4.78 is 5.15. The second-order valence-corrected chi connectivity index (χ2v) is 6.60. The second-order valence-electron chi connectivity index (χ2n) is 6.17. The summed E-state index contributed by atoms with van der Waals surface area (Å²) in [6.07, 6.45) is 0.710. The first-order chi connectivity index (χ1) is 12.9. The standard InChI is InChI=1S/C19H18ClN3O4/c20-13-5-1-11(2-6-13)15-9-16(15)19(25)27-23-18(22)12-3-7-14(8-4-12)26-10-17(21)24/h1-8,15-16H,9-10H2,(H2,21,24)(H2,22,23). The molecular formula is C19H18ClN3O4. The van der Waals surface area contributed by atoms with E-state index in [1.165, 1.54) is 0 Å². The van der Waals surface area contributed by atoms with Gasteiger partial charge in [0.05, 0.1) is 5.92 Å². The average Bonchev–Trinajstić information content (AvgIpc) is 3.46. The molecule has 2 atom stereocenters. The fourth-order valence-electron chi connectivity index (χ4n) is 2.62. The number of hydrogen-bond acceptors (Lipinski definition) is 5. The molecule has 1 aliphatic carbocycles. The van der Waals surface area contributed by atoms with Gasteiger partial charge in [-0.3, -0.25) is 4.79 Å². The topological polar surface area (TPSA) is 117 Å². The Hall–Kier alpha value is -3.06. The Labute approximate surface area is 160 Å². The van der Waals surface area contributed by atoms with E-state index >= 15 is 0 Å². The molecule has 8 heteroatoms. The third-order valence-electron chi connectivity index (χ3n) is 4.16. The lowest BCUT2D eigenvalue weighted by Gasteiger charge is -2.05. The first kappa shape index (κ1) is 18.7. The van der Waals surface area contributed by atoms with Gasteiger partial charge in [-0.15, -0.1) is 0 Å². The highest BCUT2D eigenvalue weighted by atomic mass is 35.5. The number of amidine groups is 1. The molecule has 0 aliphatic heterocycles. The van der Waals surface area contributed by atoms with Crippen LogP contribution in [0.3, 0.4) is 0 Å². The van der Waals surface area contributed by atoms with E-state index < -0.39 is 11.9 Å². The van der Waals surface area contributed by atoms with E-state index in [0.717, 1.165) is 5.56 Å². The molecule has 0 aromatic heterocycles. The normalized spacial score (nSPS) is 18.6. The highest BCUT2D eigenvalue weighted by Gasteiger charge is 2.45. The van der Waals surface area contributed by atoms with E-state index in [9.17, 15) is 9.59 Å². The molecule has 1 saturated carbocycles. The van der Waals surface area contributed by atoms with Crippen LogP contribution in [0.15, 0.2) is 53.7 Å². The zero-order valence-electron chi connectivity index (χ0n) is 14.3. The third kappa shape index (κ3) is 4.98. The molecule has 2 unspecified atom stereocenters. The van der Waals surface area contributed by atoms with Gasteiger partial charge in [-0.05, 0) is 54.3 Å². The number of ether oxygens (including phenoxy) is 1. The fraction of sp³-hybridized carbons (Fsp3) is 0.211. The van der Waals surface area contributed by atoms with Crippen LogP contribution in [0.4, 0.5) is 0 Å². The summed E-state index contributed by atoms with van der Waals surface area (Å²) in [5.41, 5.74) is 12.5. The predicted molar refractivity (Wildman–Crippen MR) is 100 cm³/mol. The number of rotatable bonds is 7. The number of benzene rings is 2. The third-order valence-corrected chi connectivity index (χ3v) is 4.41. The maximum atomic E-state index is 12.1. The van der Waals surface area contributed by atoms with Crippen molar-refractivity contribution in [2.24, 2.45) is 22.5 Å². The van der Waals surface area contributed by atoms with Crippen molar-refractivity contribution >= 4 is 29.3 Å². The molecule has 0 spiro atoms. The minimum atomic E-state index is -0.566.